The monoisotopic (exact) mass is 601 g/mol. The van der Waals surface area contributed by atoms with E-state index in [0.717, 1.165) is 67.7 Å². The van der Waals surface area contributed by atoms with E-state index in [1.807, 2.05) is 36.7 Å². The van der Waals surface area contributed by atoms with Crippen LogP contribution in [0.3, 0.4) is 0 Å². The van der Waals surface area contributed by atoms with Crippen LogP contribution >= 0.6 is 0 Å². The van der Waals surface area contributed by atoms with Gasteiger partial charge in [0.1, 0.15) is 28.3 Å². The summed E-state index contributed by atoms with van der Waals surface area (Å²) in [7, 11) is -1.17. The highest BCUT2D eigenvalue weighted by Gasteiger charge is 2.20. The third-order valence-corrected chi connectivity index (χ3v) is 10.7. The van der Waals surface area contributed by atoms with E-state index in [2.05, 4.69) is 96.8 Å². The van der Waals surface area contributed by atoms with Crippen LogP contribution in [0, 0.1) is 0 Å². The van der Waals surface area contributed by atoms with Crippen LogP contribution in [0.4, 0.5) is 0 Å². The Kier molecular flexibility index (Phi) is 5.62. The lowest BCUT2D eigenvalue weighted by Gasteiger charge is -2.15. The lowest BCUT2D eigenvalue weighted by molar-refractivity contribution is 0.484. The normalized spacial score (nSPS) is 12.5. The molecule has 218 valence electrons. The molecule has 0 aliphatic carbocycles. The largest absolute Gasteiger partial charge is 0.457 e. The van der Waals surface area contributed by atoms with Gasteiger partial charge in [0.15, 0.2) is 0 Å². The van der Waals surface area contributed by atoms with Gasteiger partial charge in [0, 0.05) is 64.4 Å². The summed E-state index contributed by atoms with van der Waals surface area (Å²) in [6.07, 6.45) is 4.84. The standard InChI is InChI=1S/C39H31N3O2Si/c1-45(2,3)19-16-24-15-18-40-34(20-24)33-22-26(21-32-28-8-4-5-12-36(28)44-38(32)33)43-25-13-14-27-29-9-6-10-30-31-11-7-17-41-39(31)42(37(29)30)35(27)23-25/h4-15,17-18,20-23H,16,19H2,1-3H3. The van der Waals surface area contributed by atoms with Gasteiger partial charge in [0.05, 0.1) is 16.7 Å². The third kappa shape index (κ3) is 4.20. The number of aryl methyl sites for hydroxylation is 1. The van der Waals surface area contributed by atoms with Crippen LogP contribution in [0.15, 0.2) is 114 Å². The molecule has 0 saturated carbocycles. The second-order valence-electron chi connectivity index (χ2n) is 13.2. The Labute approximate surface area is 261 Å². The summed E-state index contributed by atoms with van der Waals surface area (Å²) < 4.78 is 15.4. The van der Waals surface area contributed by atoms with Crippen molar-refractivity contribution in [2.75, 3.05) is 0 Å². The quantitative estimate of drug-likeness (QED) is 0.178. The van der Waals surface area contributed by atoms with Crippen molar-refractivity contribution < 1.29 is 9.15 Å². The van der Waals surface area contributed by atoms with Gasteiger partial charge in [-0.15, -0.1) is 0 Å². The molecule has 0 fully saturated rings. The number of hydrogen-bond donors (Lipinski definition) is 0. The minimum Gasteiger partial charge on any atom is -0.457 e. The van der Waals surface area contributed by atoms with Crippen molar-refractivity contribution >= 4 is 68.2 Å². The first-order valence-electron chi connectivity index (χ1n) is 15.5. The first kappa shape index (κ1) is 26.2. The lowest BCUT2D eigenvalue weighted by Crippen LogP contribution is -2.19. The molecule has 9 rings (SSSR count). The van der Waals surface area contributed by atoms with Crippen molar-refractivity contribution in [2.45, 2.75) is 32.1 Å². The summed E-state index contributed by atoms with van der Waals surface area (Å²) in [6, 6.07) is 35.0. The molecule has 0 atom stereocenters. The summed E-state index contributed by atoms with van der Waals surface area (Å²) in [4.78, 5) is 9.60. The zero-order valence-electron chi connectivity index (χ0n) is 25.5. The Morgan fingerprint density at radius 1 is 0.689 bits per heavy atom. The molecule has 0 unspecified atom stereocenters. The molecule has 45 heavy (non-hydrogen) atoms. The molecule has 0 aliphatic rings. The second-order valence-corrected chi connectivity index (χ2v) is 18.9. The molecule has 9 aromatic rings. The zero-order chi connectivity index (χ0) is 30.3. The molecule has 4 aromatic carbocycles. The molecule has 0 N–H and O–H groups in total. The number of pyridine rings is 2. The summed E-state index contributed by atoms with van der Waals surface area (Å²) in [5, 5.41) is 6.87. The van der Waals surface area contributed by atoms with E-state index in [0.29, 0.717) is 0 Å². The van der Waals surface area contributed by atoms with Gasteiger partial charge in [0.25, 0.3) is 0 Å². The van der Waals surface area contributed by atoms with E-state index in [-0.39, 0.29) is 0 Å². The molecule has 5 aromatic heterocycles. The number of para-hydroxylation sites is 2. The van der Waals surface area contributed by atoms with Gasteiger partial charge < -0.3 is 9.15 Å². The number of hydrogen-bond acceptors (Lipinski definition) is 4. The van der Waals surface area contributed by atoms with Crippen LogP contribution in [-0.4, -0.2) is 22.4 Å². The summed E-state index contributed by atoms with van der Waals surface area (Å²) in [5.74, 6) is 1.51. The van der Waals surface area contributed by atoms with E-state index < -0.39 is 8.07 Å². The molecule has 0 spiro atoms. The van der Waals surface area contributed by atoms with Crippen LogP contribution < -0.4 is 4.74 Å². The lowest BCUT2D eigenvalue weighted by atomic mass is 10.0. The molecule has 6 heteroatoms. The minimum absolute atomic E-state index is 0.745. The number of furan rings is 1. The topological polar surface area (TPSA) is 52.6 Å². The number of benzene rings is 4. The Balaban J connectivity index is 1.20. The predicted molar refractivity (Wildman–Crippen MR) is 188 cm³/mol. The van der Waals surface area contributed by atoms with E-state index in [9.17, 15) is 0 Å². The highest BCUT2D eigenvalue weighted by Crippen LogP contribution is 2.42. The van der Waals surface area contributed by atoms with Gasteiger partial charge in [-0.05, 0) is 66.6 Å². The van der Waals surface area contributed by atoms with Crippen LogP contribution in [0.5, 0.6) is 11.5 Å². The molecular formula is C39H31N3O2Si. The highest BCUT2D eigenvalue weighted by atomic mass is 28.3. The van der Waals surface area contributed by atoms with Crippen molar-refractivity contribution in [2.24, 2.45) is 0 Å². The molecule has 0 bridgehead atoms. The average Bonchev–Trinajstić information content (AvgIpc) is 3.70. The summed E-state index contributed by atoms with van der Waals surface area (Å²) >= 11 is 0. The van der Waals surface area contributed by atoms with Crippen LogP contribution in [0.25, 0.3) is 71.4 Å². The number of rotatable bonds is 6. The summed E-state index contributed by atoms with van der Waals surface area (Å²) in [6.45, 7) is 7.26. The second kappa shape index (κ2) is 9.65. The fourth-order valence-corrected chi connectivity index (χ4v) is 7.85. The van der Waals surface area contributed by atoms with Gasteiger partial charge in [-0.3, -0.25) is 9.38 Å². The molecule has 0 amide bonds. The Hall–Kier alpha value is -5.20. The van der Waals surface area contributed by atoms with Crippen molar-refractivity contribution in [3.05, 3.63) is 115 Å². The van der Waals surface area contributed by atoms with E-state index >= 15 is 0 Å². The fraction of sp³-hybridized carbons (Fsp3) is 0.128. The fourth-order valence-electron chi connectivity index (χ4n) is 6.81. The van der Waals surface area contributed by atoms with Crippen molar-refractivity contribution in [1.82, 2.24) is 14.4 Å². The maximum Gasteiger partial charge on any atom is 0.145 e. The third-order valence-electron chi connectivity index (χ3n) is 9.00. The molecule has 5 nitrogen and oxygen atoms in total. The smallest absolute Gasteiger partial charge is 0.145 e. The number of aromatic nitrogens is 3. The summed E-state index contributed by atoms with van der Waals surface area (Å²) in [5.41, 5.74) is 8.06. The molecular weight excluding hydrogens is 571 g/mol. The van der Waals surface area contributed by atoms with E-state index in [4.69, 9.17) is 19.1 Å². The van der Waals surface area contributed by atoms with E-state index in [1.165, 1.54) is 33.3 Å². The number of nitrogens with zero attached hydrogens (tertiary/aromatic N) is 3. The zero-order valence-corrected chi connectivity index (χ0v) is 26.5. The van der Waals surface area contributed by atoms with Crippen LogP contribution in [0.2, 0.25) is 25.7 Å². The van der Waals surface area contributed by atoms with E-state index in [1.54, 1.807) is 0 Å². The van der Waals surface area contributed by atoms with Gasteiger partial charge >= 0.3 is 0 Å². The molecule has 0 radical (unpaired) electrons. The Morgan fingerprint density at radius 2 is 1.51 bits per heavy atom. The minimum atomic E-state index is -1.17. The van der Waals surface area contributed by atoms with Crippen molar-refractivity contribution in [3.8, 4) is 22.8 Å². The van der Waals surface area contributed by atoms with Gasteiger partial charge in [-0.1, -0.05) is 62.1 Å². The first-order valence-corrected chi connectivity index (χ1v) is 19.2. The van der Waals surface area contributed by atoms with Crippen LogP contribution in [0.1, 0.15) is 5.56 Å². The van der Waals surface area contributed by atoms with Gasteiger partial charge in [-0.25, -0.2) is 4.98 Å². The molecule has 0 saturated heterocycles. The van der Waals surface area contributed by atoms with Crippen molar-refractivity contribution in [3.63, 3.8) is 0 Å². The van der Waals surface area contributed by atoms with Gasteiger partial charge in [-0.2, -0.15) is 0 Å². The average molecular weight is 602 g/mol. The Bertz CT molecular complexity index is 2570. The molecule has 0 aliphatic heterocycles. The molecule has 5 heterocycles. The SMILES string of the molecule is C[Si](C)(C)CCc1ccnc(-c2cc(Oc3ccc4c5cccc6c7cccnc7n(c4c3)c56)cc3c2oc2ccccc23)c1. The highest BCUT2D eigenvalue weighted by molar-refractivity contribution is 6.76. The van der Waals surface area contributed by atoms with Crippen LogP contribution in [-0.2, 0) is 6.42 Å². The van der Waals surface area contributed by atoms with Crippen molar-refractivity contribution in [1.29, 1.82) is 0 Å². The predicted octanol–water partition coefficient (Wildman–Crippen LogP) is 10.9. The van der Waals surface area contributed by atoms with Gasteiger partial charge in [0.2, 0.25) is 0 Å². The number of ether oxygens (including phenoxy) is 1. The Morgan fingerprint density at radius 3 is 2.40 bits per heavy atom. The maximum absolute atomic E-state index is 6.70. The maximum atomic E-state index is 6.70. The first-order chi connectivity index (χ1) is 21.9. The number of fused-ring (bicyclic) bond motifs is 9.